The molecule has 2 amide bonds. The first-order chi connectivity index (χ1) is 11.9. The second-order valence-electron chi connectivity index (χ2n) is 7.45. The topological polar surface area (TPSA) is 49.4 Å². The van der Waals surface area contributed by atoms with Crippen molar-refractivity contribution >= 4 is 11.8 Å². The summed E-state index contributed by atoms with van der Waals surface area (Å²) in [5.41, 5.74) is 0.492. The van der Waals surface area contributed by atoms with Gasteiger partial charge in [-0.05, 0) is 62.8 Å². The van der Waals surface area contributed by atoms with Gasteiger partial charge in [-0.2, -0.15) is 0 Å². The van der Waals surface area contributed by atoms with E-state index in [0.717, 1.165) is 12.8 Å². The summed E-state index contributed by atoms with van der Waals surface area (Å²) < 4.78 is 13.0. The number of nitrogens with one attached hydrogen (secondary N) is 1. The molecule has 1 N–H and O–H groups in total. The average Bonchev–Trinajstić information content (AvgIpc) is 2.60. The molecule has 1 aromatic rings. The number of benzene rings is 1. The van der Waals surface area contributed by atoms with E-state index >= 15 is 0 Å². The van der Waals surface area contributed by atoms with Gasteiger partial charge < -0.3 is 10.2 Å². The minimum atomic E-state index is -0.349. The number of carbonyl (C=O) groups excluding carboxylic acids is 2. The summed E-state index contributed by atoms with van der Waals surface area (Å²) in [7, 11) is 0. The summed E-state index contributed by atoms with van der Waals surface area (Å²) in [5, 5.41) is 3.10. The van der Waals surface area contributed by atoms with Crippen LogP contribution in [0.3, 0.4) is 0 Å². The van der Waals surface area contributed by atoms with Crippen LogP contribution >= 0.6 is 0 Å². The quantitative estimate of drug-likeness (QED) is 0.854. The van der Waals surface area contributed by atoms with Crippen molar-refractivity contribution < 1.29 is 14.0 Å². The number of hydrogen-bond donors (Lipinski definition) is 1. The van der Waals surface area contributed by atoms with Crippen molar-refractivity contribution in [1.82, 2.24) is 10.2 Å². The molecule has 1 aliphatic rings. The van der Waals surface area contributed by atoms with Crippen LogP contribution < -0.4 is 5.32 Å². The monoisotopic (exact) mass is 348 g/mol. The average molecular weight is 348 g/mol. The van der Waals surface area contributed by atoms with Crippen molar-refractivity contribution in [2.45, 2.75) is 52.5 Å². The third-order valence-electron chi connectivity index (χ3n) is 4.81. The zero-order valence-corrected chi connectivity index (χ0v) is 15.4. The molecule has 0 unspecified atom stereocenters. The Hall–Kier alpha value is -1.91. The molecular formula is C20H29FN2O2. The highest BCUT2D eigenvalue weighted by Gasteiger charge is 2.28. The Balaban J connectivity index is 1.79. The maximum atomic E-state index is 13.0. The summed E-state index contributed by atoms with van der Waals surface area (Å²) in [6.45, 7) is 7.54. The van der Waals surface area contributed by atoms with Gasteiger partial charge in [0.05, 0.1) is 0 Å². The van der Waals surface area contributed by atoms with E-state index in [0.29, 0.717) is 37.4 Å². The van der Waals surface area contributed by atoms with E-state index in [-0.39, 0.29) is 29.6 Å². The molecule has 4 nitrogen and oxygen atoms in total. The van der Waals surface area contributed by atoms with E-state index in [2.05, 4.69) is 19.2 Å². The van der Waals surface area contributed by atoms with Crippen molar-refractivity contribution in [2.24, 2.45) is 11.8 Å². The number of rotatable bonds is 6. The second kappa shape index (κ2) is 8.97. The van der Waals surface area contributed by atoms with Crippen LogP contribution in [0.4, 0.5) is 4.39 Å². The lowest BCUT2D eigenvalue weighted by Gasteiger charge is -2.32. The van der Waals surface area contributed by atoms with Gasteiger partial charge in [-0.15, -0.1) is 0 Å². The van der Waals surface area contributed by atoms with E-state index < -0.39 is 0 Å². The molecule has 1 aliphatic heterocycles. The standard InChI is InChI=1S/C20H29FN2O2/c1-14(2)4-5-15(3)22-19(24)16-10-12-23(13-11-16)20(25)17-6-8-18(21)9-7-17/h6-9,14-16H,4-5,10-13H2,1-3H3,(H,22,24)/t15-/m0/s1. The first-order valence-corrected chi connectivity index (χ1v) is 9.22. The second-order valence-corrected chi connectivity index (χ2v) is 7.45. The van der Waals surface area contributed by atoms with Crippen LogP contribution in [0.25, 0.3) is 0 Å². The van der Waals surface area contributed by atoms with E-state index in [4.69, 9.17) is 0 Å². The number of piperidine rings is 1. The highest BCUT2D eigenvalue weighted by Crippen LogP contribution is 2.20. The molecule has 1 atom stereocenters. The van der Waals surface area contributed by atoms with Crippen molar-refractivity contribution in [3.8, 4) is 0 Å². The lowest BCUT2D eigenvalue weighted by Crippen LogP contribution is -2.44. The maximum absolute atomic E-state index is 13.0. The van der Waals surface area contributed by atoms with Crippen LogP contribution in [0.15, 0.2) is 24.3 Å². The maximum Gasteiger partial charge on any atom is 0.253 e. The van der Waals surface area contributed by atoms with Gasteiger partial charge in [0.1, 0.15) is 5.82 Å². The van der Waals surface area contributed by atoms with Gasteiger partial charge in [0.2, 0.25) is 5.91 Å². The SMILES string of the molecule is CC(C)CC[C@H](C)NC(=O)C1CCN(C(=O)c2ccc(F)cc2)CC1. The molecule has 0 aromatic heterocycles. The van der Waals surface area contributed by atoms with Crippen LogP contribution in [0.5, 0.6) is 0 Å². The van der Waals surface area contributed by atoms with Crippen LogP contribution in [0.1, 0.15) is 56.8 Å². The molecule has 0 spiro atoms. The molecule has 138 valence electrons. The molecule has 25 heavy (non-hydrogen) atoms. The number of carbonyl (C=O) groups is 2. The molecule has 0 radical (unpaired) electrons. The number of amides is 2. The van der Waals surface area contributed by atoms with Crippen molar-refractivity contribution in [2.75, 3.05) is 13.1 Å². The van der Waals surface area contributed by atoms with Gasteiger partial charge in [-0.1, -0.05) is 13.8 Å². The van der Waals surface area contributed by atoms with Gasteiger partial charge in [0, 0.05) is 30.6 Å². The van der Waals surface area contributed by atoms with Crippen molar-refractivity contribution in [3.05, 3.63) is 35.6 Å². The number of halogens is 1. The van der Waals surface area contributed by atoms with E-state index in [1.807, 2.05) is 6.92 Å². The summed E-state index contributed by atoms with van der Waals surface area (Å²) in [5.74, 6) is 0.270. The third-order valence-corrected chi connectivity index (χ3v) is 4.81. The molecule has 1 fully saturated rings. The van der Waals surface area contributed by atoms with E-state index in [1.54, 1.807) is 4.90 Å². The minimum Gasteiger partial charge on any atom is -0.353 e. The summed E-state index contributed by atoms with van der Waals surface area (Å²) in [6.07, 6.45) is 3.45. The zero-order chi connectivity index (χ0) is 18.4. The van der Waals surface area contributed by atoms with Gasteiger partial charge >= 0.3 is 0 Å². The Morgan fingerprint density at radius 1 is 1.12 bits per heavy atom. The Labute approximate surface area is 149 Å². The number of likely N-dealkylation sites (tertiary alicyclic amines) is 1. The molecule has 1 heterocycles. The predicted molar refractivity (Wildman–Crippen MR) is 96.7 cm³/mol. The van der Waals surface area contributed by atoms with Crippen molar-refractivity contribution in [1.29, 1.82) is 0 Å². The third kappa shape index (κ3) is 5.83. The number of nitrogens with zero attached hydrogens (tertiary/aromatic N) is 1. The molecule has 0 bridgehead atoms. The molecule has 5 heteroatoms. The Kier molecular flexibility index (Phi) is 6.97. The Morgan fingerprint density at radius 3 is 2.28 bits per heavy atom. The van der Waals surface area contributed by atoms with Crippen LogP contribution in [0.2, 0.25) is 0 Å². The molecule has 0 aliphatic carbocycles. The molecule has 1 aromatic carbocycles. The minimum absolute atomic E-state index is 0.0289. The normalized spacial score (nSPS) is 16.8. The first-order valence-electron chi connectivity index (χ1n) is 9.22. The molecular weight excluding hydrogens is 319 g/mol. The van der Waals surface area contributed by atoms with Gasteiger partial charge in [0.25, 0.3) is 5.91 Å². The fraction of sp³-hybridized carbons (Fsp3) is 0.600. The summed E-state index contributed by atoms with van der Waals surface area (Å²) >= 11 is 0. The van der Waals surface area contributed by atoms with Crippen LogP contribution in [-0.4, -0.2) is 35.8 Å². The Morgan fingerprint density at radius 2 is 1.72 bits per heavy atom. The fourth-order valence-corrected chi connectivity index (χ4v) is 3.14. The van der Waals surface area contributed by atoms with Gasteiger partial charge in [-0.25, -0.2) is 4.39 Å². The highest BCUT2D eigenvalue weighted by molar-refractivity contribution is 5.94. The Bertz CT molecular complexity index is 578. The highest BCUT2D eigenvalue weighted by atomic mass is 19.1. The molecule has 0 saturated carbocycles. The van der Waals surface area contributed by atoms with E-state index in [9.17, 15) is 14.0 Å². The van der Waals surface area contributed by atoms with Gasteiger partial charge in [0.15, 0.2) is 0 Å². The number of hydrogen-bond acceptors (Lipinski definition) is 2. The lowest BCUT2D eigenvalue weighted by molar-refractivity contribution is -0.127. The lowest BCUT2D eigenvalue weighted by atomic mass is 9.94. The smallest absolute Gasteiger partial charge is 0.253 e. The van der Waals surface area contributed by atoms with E-state index in [1.165, 1.54) is 24.3 Å². The predicted octanol–water partition coefficient (Wildman–Crippen LogP) is 3.62. The zero-order valence-electron chi connectivity index (χ0n) is 15.4. The first kappa shape index (κ1) is 19.4. The summed E-state index contributed by atoms with van der Waals surface area (Å²) in [4.78, 5) is 26.5. The van der Waals surface area contributed by atoms with Gasteiger partial charge in [-0.3, -0.25) is 9.59 Å². The van der Waals surface area contributed by atoms with Crippen LogP contribution in [0, 0.1) is 17.7 Å². The van der Waals surface area contributed by atoms with Crippen LogP contribution in [-0.2, 0) is 4.79 Å². The fourth-order valence-electron chi connectivity index (χ4n) is 3.14. The molecule has 1 saturated heterocycles. The molecule has 2 rings (SSSR count). The summed E-state index contributed by atoms with van der Waals surface area (Å²) in [6, 6.07) is 5.80. The van der Waals surface area contributed by atoms with Crippen molar-refractivity contribution in [3.63, 3.8) is 0 Å². The largest absolute Gasteiger partial charge is 0.353 e.